The van der Waals surface area contributed by atoms with E-state index in [4.69, 9.17) is 21.3 Å². The lowest BCUT2D eigenvalue weighted by Gasteiger charge is -2.32. The minimum Gasteiger partial charge on any atom is -0.394 e. The van der Waals surface area contributed by atoms with Crippen molar-refractivity contribution in [1.29, 1.82) is 10.8 Å². The predicted octanol–water partition coefficient (Wildman–Crippen LogP) is -0.928. The number of anilines is 1. The number of nitrogens with one attached hydrogen (secondary N) is 1. The van der Waals surface area contributed by atoms with E-state index in [0.717, 1.165) is 15.4 Å². The molecule has 0 aliphatic carbocycles. The van der Waals surface area contributed by atoms with Crippen LogP contribution in [0.15, 0.2) is 39.9 Å². The molecule has 0 saturated carbocycles. The molecule has 0 amide bonds. The maximum atomic E-state index is 13.5. The summed E-state index contributed by atoms with van der Waals surface area (Å²) < 4.78 is 7.64. The molecule has 168 valence electrons. The summed E-state index contributed by atoms with van der Waals surface area (Å²) in [5.41, 5.74) is 3.20. The molecule has 1 aliphatic rings. The topological polar surface area (TPSA) is 224 Å². The highest BCUT2D eigenvalue weighted by Gasteiger charge is 2.60. The van der Waals surface area contributed by atoms with E-state index < -0.39 is 42.0 Å². The molecular formula is C18H18BrN7O6. The van der Waals surface area contributed by atoms with Crippen molar-refractivity contribution in [2.24, 2.45) is 0 Å². The number of Topliss-reactive ketones (excluding diaryl/α,β-unsaturated/α-hetero) is 1. The summed E-state index contributed by atoms with van der Waals surface area (Å²) in [5, 5.41) is 42.8. The van der Waals surface area contributed by atoms with E-state index in [0.29, 0.717) is 5.56 Å². The number of nitrogen functional groups attached to an aromatic ring is 1. The van der Waals surface area contributed by atoms with Crippen molar-refractivity contribution in [3.05, 3.63) is 51.0 Å². The number of carbonyl (C=O) groups is 1. The van der Waals surface area contributed by atoms with Crippen LogP contribution in [0.5, 0.6) is 0 Å². The molecule has 2 aromatic heterocycles. The summed E-state index contributed by atoms with van der Waals surface area (Å²) in [4.78, 5) is 35.9. The number of aromatic amines is 1. The highest BCUT2D eigenvalue weighted by Crippen LogP contribution is 2.39. The third-order valence-electron chi connectivity index (χ3n) is 5.08. The number of hydrogen-bond donors (Lipinski definition) is 5. The van der Waals surface area contributed by atoms with Gasteiger partial charge in [-0.15, -0.1) is 0 Å². The van der Waals surface area contributed by atoms with Gasteiger partial charge in [-0.2, -0.15) is 4.98 Å². The van der Waals surface area contributed by atoms with Gasteiger partial charge in [-0.25, -0.2) is 4.98 Å². The van der Waals surface area contributed by atoms with Gasteiger partial charge in [-0.3, -0.25) is 19.1 Å². The molecule has 3 heterocycles. The van der Waals surface area contributed by atoms with Gasteiger partial charge in [0.25, 0.3) is 5.56 Å². The van der Waals surface area contributed by atoms with Gasteiger partial charge in [0.1, 0.15) is 24.6 Å². The summed E-state index contributed by atoms with van der Waals surface area (Å²) in [6.45, 7) is -0.645. The fourth-order valence-electron chi connectivity index (χ4n) is 3.60. The first-order chi connectivity index (χ1) is 15.3. The van der Waals surface area contributed by atoms with Gasteiger partial charge < -0.3 is 25.8 Å². The van der Waals surface area contributed by atoms with Gasteiger partial charge in [0, 0.05) is 21.7 Å². The fraction of sp³-hybridized carbons (Fsp3) is 0.333. The average Bonchev–Trinajstić information content (AvgIpc) is 3.31. The number of hydrogen-bond acceptors (Lipinski definition) is 11. The lowest BCUT2D eigenvalue weighted by Crippen LogP contribution is -2.52. The molecule has 1 aromatic carbocycles. The third kappa shape index (κ3) is 3.76. The number of nitrogens with zero attached hydrogens (tertiary/aromatic N) is 5. The minimum atomic E-state index is -2.18. The molecule has 0 bridgehead atoms. The van der Waals surface area contributed by atoms with E-state index in [1.54, 1.807) is 24.3 Å². The second-order valence-electron chi connectivity index (χ2n) is 6.94. The number of rotatable bonds is 5. The van der Waals surface area contributed by atoms with Crippen LogP contribution < -0.4 is 11.3 Å². The second kappa shape index (κ2) is 9.10. The molecule has 14 heteroatoms. The van der Waals surface area contributed by atoms with E-state index in [1.165, 1.54) is 0 Å². The van der Waals surface area contributed by atoms with Gasteiger partial charge in [0.2, 0.25) is 11.7 Å². The summed E-state index contributed by atoms with van der Waals surface area (Å²) in [6.07, 6.45) is -3.64. The normalized spacial score (nSPS) is 24.8. The van der Waals surface area contributed by atoms with Gasteiger partial charge in [0.05, 0.1) is 6.61 Å². The Labute approximate surface area is 188 Å². The van der Waals surface area contributed by atoms with Crippen LogP contribution in [-0.2, 0) is 21.7 Å². The highest BCUT2D eigenvalue weighted by molar-refractivity contribution is 9.10. The Bertz CT molecular complexity index is 1210. The molecule has 13 nitrogen and oxygen atoms in total. The Morgan fingerprint density at radius 3 is 2.56 bits per heavy atom. The van der Waals surface area contributed by atoms with E-state index in [-0.39, 0.29) is 23.5 Å². The summed E-state index contributed by atoms with van der Waals surface area (Å²) >= 11 is 3.32. The largest absolute Gasteiger partial charge is 0.394 e. The fourth-order valence-corrected chi connectivity index (χ4v) is 3.86. The van der Waals surface area contributed by atoms with Crippen LogP contribution in [0.4, 0.5) is 5.95 Å². The first kappa shape index (κ1) is 23.4. The summed E-state index contributed by atoms with van der Waals surface area (Å²) in [6, 6.07) is 6.93. The summed E-state index contributed by atoms with van der Waals surface area (Å²) in [7, 11) is 0. The van der Waals surface area contributed by atoms with Gasteiger partial charge in [-0.05, 0) is 17.7 Å². The van der Waals surface area contributed by atoms with Crippen molar-refractivity contribution in [2.75, 3.05) is 12.3 Å². The number of ketones is 1. The minimum absolute atomic E-state index is 0.106. The molecule has 32 heavy (non-hydrogen) atoms. The van der Waals surface area contributed by atoms with Gasteiger partial charge in [0.15, 0.2) is 16.9 Å². The zero-order valence-electron chi connectivity index (χ0n) is 16.3. The van der Waals surface area contributed by atoms with Crippen molar-refractivity contribution in [2.45, 2.75) is 30.5 Å². The number of fused-ring (bicyclic) bond motifs is 1. The Morgan fingerprint density at radius 1 is 1.31 bits per heavy atom. The zero-order valence-corrected chi connectivity index (χ0v) is 17.9. The quantitative estimate of drug-likeness (QED) is 0.265. The molecule has 0 spiro atoms. The van der Waals surface area contributed by atoms with Crippen molar-refractivity contribution < 1.29 is 24.9 Å². The highest BCUT2D eigenvalue weighted by atomic mass is 79.9. The number of aromatic nitrogens is 4. The maximum Gasteiger partial charge on any atom is 0.280 e. The van der Waals surface area contributed by atoms with Crippen LogP contribution in [0.3, 0.4) is 0 Å². The number of nitrogens with two attached hydrogens (primary N) is 1. The zero-order chi connectivity index (χ0) is 23.6. The molecule has 6 N–H and O–H groups in total. The first-order valence-electron chi connectivity index (χ1n) is 9.13. The molecule has 1 fully saturated rings. The molecule has 4 rings (SSSR count). The third-order valence-corrected chi connectivity index (χ3v) is 5.61. The average molecular weight is 508 g/mol. The molecule has 1 aliphatic heterocycles. The van der Waals surface area contributed by atoms with Crippen LogP contribution in [-0.4, -0.2) is 65.5 Å². The lowest BCUT2D eigenvalue weighted by molar-refractivity contribution is -0.173. The number of halogens is 1. The monoisotopic (exact) mass is 507 g/mol. The Kier molecular flexibility index (Phi) is 6.67. The summed E-state index contributed by atoms with van der Waals surface area (Å²) in [5.74, 6) is -0.858. The van der Waals surface area contributed by atoms with Crippen LogP contribution >= 0.6 is 15.9 Å². The van der Waals surface area contributed by atoms with Crippen LogP contribution in [0, 0.1) is 10.8 Å². The number of imidazole rings is 1. The number of carbonyl (C=O) groups excluding carboxylic acids is 1. The molecule has 0 unspecified atom stereocenters. The maximum absolute atomic E-state index is 13.5. The number of aliphatic hydroxyl groups is 3. The molecule has 4 atom stereocenters. The SMILES string of the molecule is N#N.Nc1nc2c(ncn2[C@]2(C(=O)Cc3ccc(Br)cc3)O[C@H](CO)[C@@H](O)[C@H]2O)c(=O)[nH]1. The van der Waals surface area contributed by atoms with Crippen molar-refractivity contribution in [3.8, 4) is 0 Å². The molecule has 3 aromatic rings. The van der Waals surface area contributed by atoms with Crippen LogP contribution in [0.2, 0.25) is 0 Å². The van der Waals surface area contributed by atoms with E-state index >= 15 is 0 Å². The number of aliphatic hydroxyl groups excluding tert-OH is 3. The smallest absolute Gasteiger partial charge is 0.280 e. The molecule has 0 radical (unpaired) electrons. The first-order valence-corrected chi connectivity index (χ1v) is 9.93. The Balaban J connectivity index is 0.00000141. The van der Waals surface area contributed by atoms with Crippen molar-refractivity contribution >= 4 is 38.8 Å². The second-order valence-corrected chi connectivity index (χ2v) is 7.85. The Hall–Kier alpha value is -3.22. The number of ether oxygens (including phenoxy) is 1. The molecular weight excluding hydrogens is 490 g/mol. The van der Waals surface area contributed by atoms with Crippen LogP contribution in [0.25, 0.3) is 11.2 Å². The van der Waals surface area contributed by atoms with Crippen LogP contribution in [0.1, 0.15) is 5.56 Å². The number of H-pyrrole nitrogens is 1. The standard InChI is InChI=1S/C18H18BrN5O6.N2/c19-9-3-1-8(2-4-9)5-11(26)18(14(28)13(27)10(6-25)30-18)24-7-21-12-15(24)22-17(20)23-16(12)29;1-2/h1-4,7,10,13-14,25,27-28H,5-6H2,(H3,20,22,23,29);/t10-,13-,14-,18-;/m1./s1. The number of benzene rings is 1. The van der Waals surface area contributed by atoms with Gasteiger partial charge in [-0.1, -0.05) is 28.1 Å². The Morgan fingerprint density at radius 2 is 1.97 bits per heavy atom. The molecule has 1 saturated heterocycles. The van der Waals surface area contributed by atoms with E-state index in [2.05, 4.69) is 30.9 Å². The predicted molar refractivity (Wildman–Crippen MR) is 111 cm³/mol. The van der Waals surface area contributed by atoms with Gasteiger partial charge >= 0.3 is 0 Å². The van der Waals surface area contributed by atoms with Crippen molar-refractivity contribution in [3.63, 3.8) is 0 Å². The van der Waals surface area contributed by atoms with E-state index in [1.807, 2.05) is 0 Å². The van der Waals surface area contributed by atoms with E-state index in [9.17, 15) is 24.9 Å². The van der Waals surface area contributed by atoms with Crippen molar-refractivity contribution in [1.82, 2.24) is 19.5 Å². The lowest BCUT2D eigenvalue weighted by atomic mass is 9.93.